The van der Waals surface area contributed by atoms with Gasteiger partial charge in [0.05, 0.1) is 12.1 Å². The van der Waals surface area contributed by atoms with E-state index < -0.39 is 9.84 Å². The minimum absolute atomic E-state index is 0.218. The predicted octanol–water partition coefficient (Wildman–Crippen LogP) is 4.00. The summed E-state index contributed by atoms with van der Waals surface area (Å²) in [5, 5.41) is 0.218. The van der Waals surface area contributed by atoms with Crippen LogP contribution >= 0.6 is 0 Å². The molecular weight excluding hydrogens is 438 g/mol. The van der Waals surface area contributed by atoms with Crippen LogP contribution in [0.4, 0.5) is 0 Å². The number of hydrogen-bond acceptors (Lipinski definition) is 6. The van der Waals surface area contributed by atoms with Crippen LogP contribution in [-0.4, -0.2) is 55.0 Å². The molecule has 1 aromatic heterocycles. The topological polar surface area (TPSA) is 73.7 Å². The highest BCUT2D eigenvalue weighted by Crippen LogP contribution is 2.42. The molecule has 0 atom stereocenters. The maximum absolute atomic E-state index is 12.6. The van der Waals surface area contributed by atoms with E-state index in [1.54, 1.807) is 24.1 Å². The fraction of sp³-hybridized carbons (Fsp3) is 0.640. The number of sulfone groups is 1. The fourth-order valence-corrected chi connectivity index (χ4v) is 7.40. The van der Waals surface area contributed by atoms with Gasteiger partial charge in [-0.3, -0.25) is 0 Å². The predicted molar refractivity (Wildman–Crippen MR) is 126 cm³/mol. The molecule has 3 heterocycles. The van der Waals surface area contributed by atoms with E-state index in [-0.39, 0.29) is 16.7 Å². The number of benzene rings is 1. The van der Waals surface area contributed by atoms with Crippen LogP contribution in [-0.2, 0) is 16.9 Å². The average Bonchev–Trinajstić information content (AvgIpc) is 3.48. The molecule has 1 saturated heterocycles. The zero-order chi connectivity index (χ0) is 22.8. The second kappa shape index (κ2) is 9.66. The van der Waals surface area contributed by atoms with Gasteiger partial charge in [0.15, 0.2) is 26.4 Å². The summed E-state index contributed by atoms with van der Waals surface area (Å²) in [5.41, 5.74) is 1.31. The van der Waals surface area contributed by atoms with Gasteiger partial charge in [-0.05, 0) is 75.6 Å². The Balaban J connectivity index is 1.04. The normalized spacial score (nSPS) is 24.3. The van der Waals surface area contributed by atoms with Crippen molar-refractivity contribution in [2.24, 2.45) is 18.9 Å². The highest BCUT2D eigenvalue weighted by Gasteiger charge is 2.29. The largest absolute Gasteiger partial charge is 0.454 e. The maximum atomic E-state index is 12.6. The molecule has 0 spiro atoms. The SMILES string of the molecule is Cn1cnc(S(=O)(=O)CC2CCC(CCN3CCC(c4cccc5c4OCO5)CC3)CC2)c1. The highest BCUT2D eigenvalue weighted by atomic mass is 32.2. The standard InChI is InChI=1S/C25H35N3O4S/c1-27-15-24(26-17-27)33(29,30)16-20-7-5-19(6-8-20)9-12-28-13-10-21(11-14-28)22-3-2-4-23-25(22)32-18-31-23/h2-4,15,17,19-21H,5-14,16,18H2,1H3. The Labute approximate surface area is 197 Å². The lowest BCUT2D eigenvalue weighted by molar-refractivity contribution is 0.168. The first-order valence-corrected chi connectivity index (χ1v) is 13.9. The molecule has 2 aliphatic heterocycles. The van der Waals surface area contributed by atoms with E-state index in [2.05, 4.69) is 22.0 Å². The summed E-state index contributed by atoms with van der Waals surface area (Å²) in [6.07, 6.45) is 11.0. The van der Waals surface area contributed by atoms with Crippen LogP contribution in [0.1, 0.15) is 56.4 Å². The summed E-state index contributed by atoms with van der Waals surface area (Å²) in [7, 11) is -1.47. The van der Waals surface area contributed by atoms with Crippen molar-refractivity contribution in [2.45, 2.75) is 55.9 Å². The minimum atomic E-state index is -3.28. The quantitative estimate of drug-likeness (QED) is 0.605. The molecule has 2 fully saturated rings. The van der Waals surface area contributed by atoms with Crippen LogP contribution in [0.3, 0.4) is 0 Å². The first-order valence-electron chi connectivity index (χ1n) is 12.3. The van der Waals surface area contributed by atoms with Crippen molar-refractivity contribution in [2.75, 3.05) is 32.2 Å². The molecule has 180 valence electrons. The molecule has 0 radical (unpaired) electrons. The third-order valence-corrected chi connectivity index (χ3v) is 9.49. The number of nitrogens with zero attached hydrogens (tertiary/aromatic N) is 3. The van der Waals surface area contributed by atoms with Crippen molar-refractivity contribution < 1.29 is 17.9 Å². The van der Waals surface area contributed by atoms with Gasteiger partial charge in [0.25, 0.3) is 0 Å². The smallest absolute Gasteiger partial charge is 0.231 e. The molecule has 0 unspecified atom stereocenters. The van der Waals surface area contributed by atoms with Crippen molar-refractivity contribution in [3.63, 3.8) is 0 Å². The maximum Gasteiger partial charge on any atom is 0.231 e. The number of imidazole rings is 1. The Bertz CT molecular complexity index is 1050. The van der Waals surface area contributed by atoms with Gasteiger partial charge in [-0.2, -0.15) is 0 Å². The molecular formula is C25H35N3O4S. The minimum Gasteiger partial charge on any atom is -0.454 e. The van der Waals surface area contributed by atoms with Crippen molar-refractivity contribution in [3.8, 4) is 11.5 Å². The zero-order valence-corrected chi connectivity index (χ0v) is 20.3. The third kappa shape index (κ3) is 5.22. The summed E-state index contributed by atoms with van der Waals surface area (Å²) >= 11 is 0. The molecule has 1 aliphatic carbocycles. The molecule has 0 amide bonds. The number of para-hydroxylation sites is 1. The lowest BCUT2D eigenvalue weighted by atomic mass is 9.81. The summed E-state index contributed by atoms with van der Waals surface area (Å²) in [6, 6.07) is 6.26. The second-order valence-corrected chi connectivity index (χ2v) is 12.0. The lowest BCUT2D eigenvalue weighted by Gasteiger charge is -2.34. The van der Waals surface area contributed by atoms with Gasteiger partial charge in [-0.1, -0.05) is 25.0 Å². The number of likely N-dealkylation sites (tertiary alicyclic amines) is 1. The Hall–Kier alpha value is -2.06. The number of ether oxygens (including phenoxy) is 2. The van der Waals surface area contributed by atoms with Gasteiger partial charge in [0.1, 0.15) is 0 Å². The van der Waals surface area contributed by atoms with Crippen LogP contribution in [0.15, 0.2) is 35.7 Å². The van der Waals surface area contributed by atoms with Crippen molar-refractivity contribution in [3.05, 3.63) is 36.3 Å². The lowest BCUT2D eigenvalue weighted by Crippen LogP contribution is -2.35. The molecule has 1 aromatic carbocycles. The van der Waals surface area contributed by atoms with Gasteiger partial charge in [-0.15, -0.1) is 0 Å². The average molecular weight is 474 g/mol. The molecule has 2 aromatic rings. The highest BCUT2D eigenvalue weighted by molar-refractivity contribution is 7.91. The first kappa shape index (κ1) is 22.7. The molecule has 3 aliphatic rings. The van der Waals surface area contributed by atoms with Gasteiger partial charge in [0, 0.05) is 18.8 Å². The van der Waals surface area contributed by atoms with Crippen LogP contribution in [0.5, 0.6) is 11.5 Å². The van der Waals surface area contributed by atoms with Crippen LogP contribution in [0.2, 0.25) is 0 Å². The number of hydrogen-bond donors (Lipinski definition) is 0. The van der Waals surface area contributed by atoms with Crippen molar-refractivity contribution in [1.29, 1.82) is 0 Å². The number of fused-ring (bicyclic) bond motifs is 1. The first-order chi connectivity index (χ1) is 16.0. The number of piperidine rings is 1. The second-order valence-electron chi connectivity index (χ2n) is 10.0. The van der Waals surface area contributed by atoms with Gasteiger partial charge < -0.3 is 18.9 Å². The Morgan fingerprint density at radius 2 is 1.79 bits per heavy atom. The van der Waals surface area contributed by atoms with Gasteiger partial charge >= 0.3 is 0 Å². The Kier molecular flexibility index (Phi) is 6.65. The van der Waals surface area contributed by atoms with E-state index in [4.69, 9.17) is 9.47 Å². The van der Waals surface area contributed by atoms with Crippen molar-refractivity contribution >= 4 is 9.84 Å². The van der Waals surface area contributed by atoms with E-state index in [1.165, 1.54) is 12.0 Å². The molecule has 8 heteroatoms. The van der Waals surface area contributed by atoms with E-state index in [1.807, 2.05) is 6.07 Å². The Morgan fingerprint density at radius 1 is 1.03 bits per heavy atom. The van der Waals surface area contributed by atoms with Crippen LogP contribution in [0, 0.1) is 11.8 Å². The molecule has 5 rings (SSSR count). The van der Waals surface area contributed by atoms with E-state index >= 15 is 0 Å². The van der Waals surface area contributed by atoms with Crippen LogP contribution < -0.4 is 9.47 Å². The molecule has 0 bridgehead atoms. The van der Waals surface area contributed by atoms with E-state index in [0.717, 1.165) is 75.6 Å². The summed E-state index contributed by atoms with van der Waals surface area (Å²) in [6.45, 7) is 3.75. The molecule has 33 heavy (non-hydrogen) atoms. The van der Waals surface area contributed by atoms with Crippen LogP contribution in [0.25, 0.3) is 0 Å². The Morgan fingerprint density at radius 3 is 2.52 bits per heavy atom. The zero-order valence-electron chi connectivity index (χ0n) is 19.5. The molecule has 1 saturated carbocycles. The number of rotatable bonds is 7. The monoisotopic (exact) mass is 473 g/mol. The fourth-order valence-electron chi connectivity index (χ4n) is 5.74. The van der Waals surface area contributed by atoms with Crippen molar-refractivity contribution in [1.82, 2.24) is 14.5 Å². The van der Waals surface area contributed by atoms with Gasteiger partial charge in [-0.25, -0.2) is 13.4 Å². The van der Waals surface area contributed by atoms with E-state index in [0.29, 0.717) is 12.7 Å². The van der Waals surface area contributed by atoms with Gasteiger partial charge in [0.2, 0.25) is 6.79 Å². The summed E-state index contributed by atoms with van der Waals surface area (Å²) < 4.78 is 38.2. The summed E-state index contributed by atoms with van der Waals surface area (Å²) in [5.74, 6) is 3.62. The van der Waals surface area contributed by atoms with E-state index in [9.17, 15) is 8.42 Å². The third-order valence-electron chi connectivity index (χ3n) is 7.73. The summed E-state index contributed by atoms with van der Waals surface area (Å²) in [4.78, 5) is 6.65. The molecule has 0 N–H and O–H groups in total. The number of aromatic nitrogens is 2. The molecule has 7 nitrogen and oxygen atoms in total. The number of aryl methyl sites for hydroxylation is 1.